The largest absolute Gasteiger partial charge is 0.455 e. The van der Waals surface area contributed by atoms with Gasteiger partial charge in [-0.15, -0.1) is 9.13 Å². The van der Waals surface area contributed by atoms with E-state index in [9.17, 15) is 0 Å². The SMILES string of the molecule is CC(C)c1ccc2c(c1)C1(c3ccc4c(oc5ccccc54)c3-c3n(-c4ccc(C(C)(C)C)cc4)c4ccccc4[n+]31)[n+]1cc([Si](C)(C)C)c(C(C)C)cc1-2. The maximum atomic E-state index is 7.04. The summed E-state index contributed by atoms with van der Waals surface area (Å²) >= 11 is 0. The Labute approximate surface area is 325 Å². The molecule has 0 amide bonds. The number of hydrogen-bond acceptors (Lipinski definition) is 1. The summed E-state index contributed by atoms with van der Waals surface area (Å²) in [7, 11) is -1.81. The molecule has 1 atom stereocenters. The molecule has 5 heteroatoms. The first-order chi connectivity index (χ1) is 26.2. The Hall–Kier alpha value is -5.26. The van der Waals surface area contributed by atoms with Gasteiger partial charge < -0.3 is 4.42 Å². The van der Waals surface area contributed by atoms with E-state index in [2.05, 4.69) is 197 Å². The highest BCUT2D eigenvalue weighted by Gasteiger charge is 2.67. The fourth-order valence-electron chi connectivity index (χ4n) is 9.73. The van der Waals surface area contributed by atoms with Crippen LogP contribution in [0.5, 0.6) is 0 Å². The highest BCUT2D eigenvalue weighted by Crippen LogP contribution is 2.53. The van der Waals surface area contributed by atoms with E-state index >= 15 is 0 Å². The molecule has 0 radical (unpaired) electrons. The number of fused-ring (bicyclic) bond motifs is 16. The second-order valence-corrected chi connectivity index (χ2v) is 23.7. The first-order valence-corrected chi connectivity index (χ1v) is 23.6. The van der Waals surface area contributed by atoms with E-state index in [0.717, 1.165) is 39.0 Å². The zero-order chi connectivity index (χ0) is 38.3. The smallest absolute Gasteiger partial charge is 0.364 e. The van der Waals surface area contributed by atoms with Crippen LogP contribution in [0.4, 0.5) is 0 Å². The summed E-state index contributed by atoms with van der Waals surface area (Å²) in [5.74, 6) is 1.94. The van der Waals surface area contributed by atoms with Crippen LogP contribution < -0.4 is 14.3 Å². The predicted octanol–water partition coefficient (Wildman–Crippen LogP) is 11.5. The van der Waals surface area contributed by atoms with E-state index in [-0.39, 0.29) is 5.41 Å². The van der Waals surface area contributed by atoms with Crippen molar-refractivity contribution in [2.75, 3.05) is 0 Å². The van der Waals surface area contributed by atoms with Gasteiger partial charge in [0, 0.05) is 22.0 Å². The van der Waals surface area contributed by atoms with Crippen LogP contribution in [0, 0.1) is 0 Å². The van der Waals surface area contributed by atoms with E-state index < -0.39 is 13.7 Å². The van der Waals surface area contributed by atoms with Crippen molar-refractivity contribution in [1.29, 1.82) is 0 Å². The van der Waals surface area contributed by atoms with Gasteiger partial charge in [-0.05, 0) is 88.5 Å². The summed E-state index contributed by atoms with van der Waals surface area (Å²) in [4.78, 5) is 0. The Balaban J connectivity index is 1.45. The molecule has 0 saturated carbocycles. The zero-order valence-corrected chi connectivity index (χ0v) is 34.9. The minimum Gasteiger partial charge on any atom is -0.455 e. The molecule has 4 nitrogen and oxygen atoms in total. The summed E-state index contributed by atoms with van der Waals surface area (Å²) < 4.78 is 14.9. The highest BCUT2D eigenvalue weighted by atomic mass is 28.3. The van der Waals surface area contributed by atoms with Gasteiger partial charge in [-0.2, -0.15) is 4.57 Å². The average Bonchev–Trinajstić information content (AvgIpc) is 3.86. The van der Waals surface area contributed by atoms with Gasteiger partial charge in [0.15, 0.2) is 22.8 Å². The Morgan fingerprint density at radius 3 is 2.16 bits per heavy atom. The van der Waals surface area contributed by atoms with Crippen molar-refractivity contribution in [3.05, 3.63) is 143 Å². The third-order valence-corrected chi connectivity index (χ3v) is 14.5. The van der Waals surface area contributed by atoms with E-state index in [1.54, 1.807) is 0 Å². The molecule has 5 aromatic carbocycles. The molecular weight excluding hydrogens is 687 g/mol. The van der Waals surface area contributed by atoms with Crippen LogP contribution in [0.2, 0.25) is 19.6 Å². The molecule has 8 aromatic rings. The maximum absolute atomic E-state index is 7.04. The monoisotopic (exact) mass is 737 g/mol. The molecule has 10 rings (SSSR count). The van der Waals surface area contributed by atoms with E-state index in [0.29, 0.717) is 11.8 Å². The second-order valence-electron chi connectivity index (χ2n) is 18.7. The molecule has 5 heterocycles. The minimum absolute atomic E-state index is 0.0516. The summed E-state index contributed by atoms with van der Waals surface area (Å²) in [6.07, 6.45) is 2.57. The lowest BCUT2D eigenvalue weighted by atomic mass is 9.86. The third-order valence-electron chi connectivity index (χ3n) is 12.5. The number of furan rings is 1. The normalized spacial score (nSPS) is 16.2. The third kappa shape index (κ3) is 4.56. The zero-order valence-electron chi connectivity index (χ0n) is 33.9. The lowest BCUT2D eigenvalue weighted by molar-refractivity contribution is -0.944. The molecule has 55 heavy (non-hydrogen) atoms. The summed E-state index contributed by atoms with van der Waals surface area (Å²) in [5.41, 5.74) is 15.2. The van der Waals surface area contributed by atoms with E-state index in [1.165, 1.54) is 55.3 Å². The van der Waals surface area contributed by atoms with Crippen molar-refractivity contribution < 1.29 is 13.6 Å². The molecule has 274 valence electrons. The van der Waals surface area contributed by atoms with Crippen LogP contribution in [-0.2, 0) is 11.1 Å². The Bertz CT molecular complexity index is 2890. The van der Waals surface area contributed by atoms with Gasteiger partial charge in [-0.3, -0.25) is 0 Å². The minimum atomic E-state index is -1.81. The van der Waals surface area contributed by atoms with Crippen molar-refractivity contribution in [1.82, 2.24) is 4.57 Å². The van der Waals surface area contributed by atoms with Gasteiger partial charge >= 0.3 is 11.5 Å². The number of rotatable bonds is 4. The van der Waals surface area contributed by atoms with Gasteiger partial charge in [-0.1, -0.05) is 117 Å². The first-order valence-electron chi connectivity index (χ1n) is 20.1. The number of hydrogen-bond donors (Lipinski definition) is 0. The molecule has 2 aliphatic heterocycles. The number of pyridine rings is 1. The molecule has 0 bridgehead atoms. The fraction of sp³-hybridized carbons (Fsp3) is 0.280. The molecular formula is C50H51N3OSi+2. The van der Waals surface area contributed by atoms with Crippen molar-refractivity contribution in [3.8, 4) is 28.3 Å². The van der Waals surface area contributed by atoms with Crippen LogP contribution in [0.25, 0.3) is 61.3 Å². The Kier molecular flexibility index (Phi) is 7.09. The number of imidazole rings is 1. The Morgan fingerprint density at radius 2 is 1.45 bits per heavy atom. The summed E-state index contributed by atoms with van der Waals surface area (Å²) in [5, 5.41) is 3.81. The van der Waals surface area contributed by atoms with Crippen molar-refractivity contribution in [2.45, 2.75) is 91.0 Å². The highest BCUT2D eigenvalue weighted by molar-refractivity contribution is 6.89. The maximum Gasteiger partial charge on any atom is 0.364 e. The molecule has 0 aliphatic carbocycles. The molecule has 0 fully saturated rings. The van der Waals surface area contributed by atoms with Crippen molar-refractivity contribution in [3.63, 3.8) is 0 Å². The molecule has 1 spiro atoms. The van der Waals surface area contributed by atoms with Gasteiger partial charge in [0.2, 0.25) is 5.69 Å². The van der Waals surface area contributed by atoms with Crippen LogP contribution in [0.1, 0.15) is 88.1 Å². The van der Waals surface area contributed by atoms with E-state index in [4.69, 9.17) is 4.42 Å². The fourth-order valence-corrected chi connectivity index (χ4v) is 11.5. The van der Waals surface area contributed by atoms with Gasteiger partial charge in [0.05, 0.1) is 24.8 Å². The molecule has 1 unspecified atom stereocenters. The number of aromatic nitrogens is 3. The number of para-hydroxylation sites is 3. The number of benzene rings is 5. The van der Waals surface area contributed by atoms with Gasteiger partial charge in [-0.25, -0.2) is 0 Å². The van der Waals surface area contributed by atoms with Crippen LogP contribution in [-0.4, -0.2) is 12.6 Å². The van der Waals surface area contributed by atoms with Crippen LogP contribution >= 0.6 is 0 Å². The lowest BCUT2D eigenvalue weighted by Crippen LogP contribution is -2.72. The quantitative estimate of drug-likeness (QED) is 0.130. The first kappa shape index (κ1) is 34.2. The molecule has 0 saturated heterocycles. The van der Waals surface area contributed by atoms with Crippen molar-refractivity contribution in [2.24, 2.45) is 0 Å². The Morgan fingerprint density at radius 1 is 0.727 bits per heavy atom. The second kappa shape index (κ2) is 11.4. The summed E-state index contributed by atoms with van der Waals surface area (Å²) in [6.45, 7) is 23.7. The lowest BCUT2D eigenvalue weighted by Gasteiger charge is -2.25. The standard InChI is InChI=1S/C50H51N3OSi/c1-30(2)32-19-24-37-40(27-32)50(51-29-45(55(8,9)10)38(31(3)4)28-43(37)51)39-26-25-36-35-15-11-14-18-44(35)54-47(36)46(39)48-52(41-16-12-13-17-42(41)53(48)50)34-22-20-33(21-23-34)49(5,6)7/h11-31H,1-10H3/q+2. The topological polar surface area (TPSA) is 25.8 Å². The van der Waals surface area contributed by atoms with Crippen molar-refractivity contribution >= 4 is 46.2 Å². The molecule has 0 N–H and O–H groups in total. The van der Waals surface area contributed by atoms with E-state index in [1.807, 2.05) is 0 Å². The van der Waals surface area contributed by atoms with Gasteiger partial charge in [0.25, 0.3) is 0 Å². The van der Waals surface area contributed by atoms with Gasteiger partial charge in [0.1, 0.15) is 16.8 Å². The number of nitrogens with zero attached hydrogens (tertiary/aromatic N) is 3. The summed E-state index contributed by atoms with van der Waals surface area (Å²) in [6, 6.07) is 41.4. The van der Waals surface area contributed by atoms with Crippen LogP contribution in [0.3, 0.4) is 0 Å². The predicted molar refractivity (Wildman–Crippen MR) is 230 cm³/mol. The molecule has 2 aliphatic rings. The van der Waals surface area contributed by atoms with Crippen LogP contribution in [0.15, 0.2) is 120 Å². The molecule has 3 aromatic heterocycles. The average molecular weight is 738 g/mol.